The number of carbonyl (C=O) groups is 1. The molecule has 0 bridgehead atoms. The number of hydrogen-bond donors (Lipinski definition) is 1. The Labute approximate surface area is 140 Å². The third-order valence-electron chi connectivity index (χ3n) is 3.69. The largest absolute Gasteiger partial charge is 0.493 e. The van der Waals surface area contributed by atoms with Crippen LogP contribution in [0.2, 0.25) is 0 Å². The van der Waals surface area contributed by atoms with Crippen molar-refractivity contribution in [2.24, 2.45) is 0 Å². The highest BCUT2D eigenvalue weighted by Crippen LogP contribution is 2.37. The number of rotatable bonds is 5. The van der Waals surface area contributed by atoms with Gasteiger partial charge in [-0.3, -0.25) is 4.79 Å². The van der Waals surface area contributed by atoms with E-state index in [1.807, 2.05) is 17.9 Å². The molecular weight excluding hydrogens is 348 g/mol. The van der Waals surface area contributed by atoms with Gasteiger partial charge in [0.1, 0.15) is 0 Å². The summed E-state index contributed by atoms with van der Waals surface area (Å²) in [5, 5.41) is 3.29. The number of benzene rings is 1. The fourth-order valence-corrected chi connectivity index (χ4v) is 3.05. The molecule has 2 rings (SSSR count). The molecular formula is C16H23BrN2O3. The molecule has 0 saturated carbocycles. The third-order valence-corrected chi connectivity index (χ3v) is 4.28. The van der Waals surface area contributed by atoms with Crippen molar-refractivity contribution in [3.05, 3.63) is 22.2 Å². The third kappa shape index (κ3) is 3.73. The molecule has 22 heavy (non-hydrogen) atoms. The molecule has 5 nitrogen and oxygen atoms in total. The second kappa shape index (κ2) is 7.83. The molecule has 6 heteroatoms. The summed E-state index contributed by atoms with van der Waals surface area (Å²) in [5.41, 5.74) is 0.612. The molecule has 1 aliphatic rings. The van der Waals surface area contributed by atoms with E-state index in [-0.39, 0.29) is 11.9 Å². The molecule has 1 amide bonds. The average Bonchev–Trinajstić information content (AvgIpc) is 2.53. The summed E-state index contributed by atoms with van der Waals surface area (Å²) >= 11 is 3.49. The van der Waals surface area contributed by atoms with Gasteiger partial charge in [0.2, 0.25) is 0 Å². The summed E-state index contributed by atoms with van der Waals surface area (Å²) < 4.78 is 11.8. The fraction of sp³-hybridized carbons (Fsp3) is 0.562. The van der Waals surface area contributed by atoms with E-state index >= 15 is 0 Å². The summed E-state index contributed by atoms with van der Waals surface area (Å²) in [7, 11) is 1.59. The SMILES string of the molecule is CCCOc1c(Br)cc(C(=O)N2CCNC[C@H]2C)cc1OC. The Morgan fingerprint density at radius 2 is 2.27 bits per heavy atom. The Kier molecular flexibility index (Phi) is 6.08. The second-order valence-electron chi connectivity index (χ2n) is 5.39. The zero-order valence-corrected chi connectivity index (χ0v) is 14.9. The zero-order valence-electron chi connectivity index (χ0n) is 13.3. The van der Waals surface area contributed by atoms with Crippen molar-refractivity contribution in [3.63, 3.8) is 0 Å². The quantitative estimate of drug-likeness (QED) is 0.865. The molecule has 1 heterocycles. The minimum absolute atomic E-state index is 0.0232. The lowest BCUT2D eigenvalue weighted by Gasteiger charge is -2.34. The highest BCUT2D eigenvalue weighted by Gasteiger charge is 2.25. The van der Waals surface area contributed by atoms with Gasteiger partial charge in [0.05, 0.1) is 18.2 Å². The maximum atomic E-state index is 12.7. The van der Waals surface area contributed by atoms with Gasteiger partial charge in [0, 0.05) is 31.2 Å². The normalized spacial score (nSPS) is 18.2. The number of ether oxygens (including phenoxy) is 2. The van der Waals surface area contributed by atoms with E-state index in [0.717, 1.165) is 24.0 Å². The predicted octanol–water partition coefficient (Wildman–Crippen LogP) is 2.68. The van der Waals surface area contributed by atoms with E-state index in [1.165, 1.54) is 0 Å². The van der Waals surface area contributed by atoms with Crippen LogP contribution in [0.3, 0.4) is 0 Å². The summed E-state index contributed by atoms with van der Waals surface area (Å²) in [5.74, 6) is 1.25. The van der Waals surface area contributed by atoms with Crippen molar-refractivity contribution in [2.75, 3.05) is 33.4 Å². The molecule has 1 N–H and O–H groups in total. The highest BCUT2D eigenvalue weighted by atomic mass is 79.9. The molecule has 0 radical (unpaired) electrons. The standard InChI is InChI=1S/C16H23BrN2O3/c1-4-7-22-15-13(17)8-12(9-14(15)21-3)16(20)19-6-5-18-10-11(19)2/h8-9,11,18H,4-7,10H2,1-3H3/t11-/m1/s1. The maximum absolute atomic E-state index is 12.7. The summed E-state index contributed by atoms with van der Waals surface area (Å²) in [6.07, 6.45) is 0.911. The smallest absolute Gasteiger partial charge is 0.254 e. The molecule has 1 fully saturated rings. The average molecular weight is 371 g/mol. The van der Waals surface area contributed by atoms with Gasteiger partial charge in [-0.05, 0) is 41.4 Å². The lowest BCUT2D eigenvalue weighted by molar-refractivity contribution is 0.0655. The van der Waals surface area contributed by atoms with Gasteiger partial charge < -0.3 is 19.7 Å². The van der Waals surface area contributed by atoms with Crippen LogP contribution in [0.25, 0.3) is 0 Å². The van der Waals surface area contributed by atoms with E-state index in [9.17, 15) is 4.79 Å². The summed E-state index contributed by atoms with van der Waals surface area (Å²) in [6, 6.07) is 3.75. The van der Waals surface area contributed by atoms with Crippen LogP contribution in [0.4, 0.5) is 0 Å². The van der Waals surface area contributed by atoms with E-state index in [1.54, 1.807) is 13.2 Å². The van der Waals surface area contributed by atoms with Crippen LogP contribution in [0, 0.1) is 0 Å². The Balaban J connectivity index is 2.27. The van der Waals surface area contributed by atoms with Crippen LogP contribution in [0.5, 0.6) is 11.5 Å². The van der Waals surface area contributed by atoms with E-state index in [4.69, 9.17) is 9.47 Å². The lowest BCUT2D eigenvalue weighted by Crippen LogP contribution is -2.52. The van der Waals surface area contributed by atoms with E-state index in [2.05, 4.69) is 28.2 Å². The van der Waals surface area contributed by atoms with Crippen LogP contribution in [0.15, 0.2) is 16.6 Å². The number of amides is 1. The van der Waals surface area contributed by atoms with Crippen LogP contribution in [-0.2, 0) is 0 Å². The van der Waals surface area contributed by atoms with Gasteiger partial charge in [-0.1, -0.05) is 6.92 Å². The van der Waals surface area contributed by atoms with Gasteiger partial charge in [0.25, 0.3) is 5.91 Å². The Hall–Kier alpha value is -1.27. The van der Waals surface area contributed by atoms with E-state index in [0.29, 0.717) is 30.2 Å². The Morgan fingerprint density at radius 3 is 2.91 bits per heavy atom. The van der Waals surface area contributed by atoms with E-state index < -0.39 is 0 Å². The Morgan fingerprint density at radius 1 is 1.50 bits per heavy atom. The first kappa shape index (κ1) is 17.1. The number of methoxy groups -OCH3 is 1. The Bertz CT molecular complexity index is 536. The molecule has 1 aromatic rings. The number of piperazine rings is 1. The topological polar surface area (TPSA) is 50.8 Å². The monoisotopic (exact) mass is 370 g/mol. The van der Waals surface area contributed by atoms with Crippen molar-refractivity contribution in [3.8, 4) is 11.5 Å². The van der Waals surface area contributed by atoms with Crippen molar-refractivity contribution < 1.29 is 14.3 Å². The minimum atomic E-state index is 0.0232. The molecule has 1 saturated heterocycles. The number of nitrogens with one attached hydrogen (secondary N) is 1. The second-order valence-corrected chi connectivity index (χ2v) is 6.24. The molecule has 0 spiro atoms. The van der Waals surface area contributed by atoms with Crippen LogP contribution in [-0.4, -0.2) is 50.2 Å². The van der Waals surface area contributed by atoms with Crippen molar-refractivity contribution in [1.82, 2.24) is 10.2 Å². The number of halogens is 1. The highest BCUT2D eigenvalue weighted by molar-refractivity contribution is 9.10. The van der Waals surface area contributed by atoms with Crippen molar-refractivity contribution >= 4 is 21.8 Å². The lowest BCUT2D eigenvalue weighted by atomic mass is 10.1. The molecule has 1 aliphatic heterocycles. The first-order chi connectivity index (χ1) is 10.6. The van der Waals surface area contributed by atoms with Gasteiger partial charge in [-0.25, -0.2) is 0 Å². The van der Waals surface area contributed by atoms with Gasteiger partial charge >= 0.3 is 0 Å². The molecule has 1 atom stereocenters. The molecule has 122 valence electrons. The van der Waals surface area contributed by atoms with Gasteiger partial charge in [-0.2, -0.15) is 0 Å². The summed E-state index contributed by atoms with van der Waals surface area (Å²) in [6.45, 7) is 7.07. The van der Waals surface area contributed by atoms with Gasteiger partial charge in [-0.15, -0.1) is 0 Å². The molecule has 1 aromatic carbocycles. The minimum Gasteiger partial charge on any atom is -0.493 e. The predicted molar refractivity (Wildman–Crippen MR) is 89.8 cm³/mol. The van der Waals surface area contributed by atoms with Crippen LogP contribution in [0.1, 0.15) is 30.6 Å². The maximum Gasteiger partial charge on any atom is 0.254 e. The first-order valence-corrected chi connectivity index (χ1v) is 8.39. The molecule has 0 aliphatic carbocycles. The first-order valence-electron chi connectivity index (χ1n) is 7.60. The number of hydrogen-bond acceptors (Lipinski definition) is 4. The van der Waals surface area contributed by atoms with Crippen molar-refractivity contribution in [2.45, 2.75) is 26.3 Å². The van der Waals surface area contributed by atoms with Crippen LogP contribution < -0.4 is 14.8 Å². The number of nitrogens with zero attached hydrogens (tertiary/aromatic N) is 1. The molecule has 0 aromatic heterocycles. The summed E-state index contributed by atoms with van der Waals surface area (Å²) in [4.78, 5) is 14.6. The van der Waals surface area contributed by atoms with Crippen LogP contribution >= 0.6 is 15.9 Å². The molecule has 0 unspecified atom stereocenters. The van der Waals surface area contributed by atoms with Gasteiger partial charge in [0.15, 0.2) is 11.5 Å². The van der Waals surface area contributed by atoms with Crippen molar-refractivity contribution in [1.29, 1.82) is 0 Å². The zero-order chi connectivity index (χ0) is 16.1. The number of carbonyl (C=O) groups excluding carboxylic acids is 1. The fourth-order valence-electron chi connectivity index (χ4n) is 2.50.